The quantitative estimate of drug-likeness (QED) is 0.851. The van der Waals surface area contributed by atoms with Gasteiger partial charge in [0, 0.05) is 6.42 Å². The van der Waals surface area contributed by atoms with Crippen LogP contribution in [-0.2, 0) is 17.6 Å². The summed E-state index contributed by atoms with van der Waals surface area (Å²) in [4.78, 5) is 9.97. The highest BCUT2D eigenvalue weighted by Gasteiger charge is 2.08. The van der Waals surface area contributed by atoms with E-state index in [0.717, 1.165) is 18.3 Å². The fourth-order valence-electron chi connectivity index (χ4n) is 1.80. The standard InChI is InChI=1S/C11H16O.C8H8O/c1-9(2)11(12)8-10-6-4-3-5-7-10;9-7-6-8-4-2-1-3-5-8/h3-7,9,11-12H,8H2,1-2H3;1-5,7H,6H2. The van der Waals surface area contributed by atoms with E-state index in [2.05, 4.69) is 0 Å². The molecule has 112 valence electrons. The fraction of sp³-hybridized carbons (Fsp3) is 0.316. The van der Waals surface area contributed by atoms with E-state index < -0.39 is 0 Å². The molecular weight excluding hydrogens is 260 g/mol. The molecule has 0 aliphatic heterocycles. The molecule has 0 bridgehead atoms. The number of carbonyl (C=O) groups is 1. The van der Waals surface area contributed by atoms with Gasteiger partial charge in [-0.3, -0.25) is 0 Å². The first-order valence-corrected chi connectivity index (χ1v) is 7.33. The second-order valence-corrected chi connectivity index (χ2v) is 5.36. The summed E-state index contributed by atoms with van der Waals surface area (Å²) >= 11 is 0. The number of aliphatic hydroxyl groups is 1. The Morgan fingerprint density at radius 2 is 1.38 bits per heavy atom. The van der Waals surface area contributed by atoms with E-state index in [1.54, 1.807) is 0 Å². The second-order valence-electron chi connectivity index (χ2n) is 5.36. The van der Waals surface area contributed by atoms with Gasteiger partial charge in [-0.15, -0.1) is 0 Å². The van der Waals surface area contributed by atoms with Crippen molar-refractivity contribution in [1.29, 1.82) is 0 Å². The zero-order valence-electron chi connectivity index (χ0n) is 12.8. The molecule has 0 fully saturated rings. The van der Waals surface area contributed by atoms with Gasteiger partial charge in [-0.1, -0.05) is 74.5 Å². The predicted octanol–water partition coefficient (Wildman–Crippen LogP) is 3.67. The Hall–Kier alpha value is -1.93. The molecule has 2 aromatic rings. The summed E-state index contributed by atoms with van der Waals surface area (Å²) in [5, 5.41) is 9.58. The van der Waals surface area contributed by atoms with Crippen molar-refractivity contribution in [2.24, 2.45) is 5.92 Å². The maximum Gasteiger partial charge on any atom is 0.124 e. The first-order valence-electron chi connectivity index (χ1n) is 7.33. The molecule has 0 saturated carbocycles. The van der Waals surface area contributed by atoms with Crippen molar-refractivity contribution in [1.82, 2.24) is 0 Å². The lowest BCUT2D eigenvalue weighted by Crippen LogP contribution is -2.17. The summed E-state index contributed by atoms with van der Waals surface area (Å²) in [5.41, 5.74) is 2.28. The number of hydrogen-bond acceptors (Lipinski definition) is 2. The van der Waals surface area contributed by atoms with E-state index in [1.165, 1.54) is 5.56 Å². The molecule has 0 saturated heterocycles. The molecule has 0 spiro atoms. The summed E-state index contributed by atoms with van der Waals surface area (Å²) in [6.45, 7) is 4.07. The largest absolute Gasteiger partial charge is 0.393 e. The van der Waals surface area contributed by atoms with Crippen molar-refractivity contribution >= 4 is 6.29 Å². The number of aldehydes is 1. The third-order valence-corrected chi connectivity index (χ3v) is 3.22. The minimum absolute atomic E-state index is 0.215. The molecule has 0 heterocycles. The topological polar surface area (TPSA) is 37.3 Å². The molecule has 0 aliphatic carbocycles. The molecule has 1 atom stereocenters. The number of aliphatic hydroxyl groups excluding tert-OH is 1. The average molecular weight is 284 g/mol. The van der Waals surface area contributed by atoms with Crippen LogP contribution in [0.5, 0.6) is 0 Å². The first-order chi connectivity index (χ1) is 10.1. The van der Waals surface area contributed by atoms with Crippen molar-refractivity contribution in [2.75, 3.05) is 0 Å². The summed E-state index contributed by atoms with van der Waals surface area (Å²) in [6.07, 6.45) is 1.99. The summed E-state index contributed by atoms with van der Waals surface area (Å²) < 4.78 is 0. The Balaban J connectivity index is 0.000000219. The summed E-state index contributed by atoms with van der Waals surface area (Å²) in [5.74, 6) is 0.338. The Bertz CT molecular complexity index is 491. The molecule has 2 nitrogen and oxygen atoms in total. The highest BCUT2D eigenvalue weighted by atomic mass is 16.3. The van der Waals surface area contributed by atoms with Gasteiger partial charge >= 0.3 is 0 Å². The van der Waals surface area contributed by atoms with E-state index in [-0.39, 0.29) is 6.10 Å². The normalized spacial score (nSPS) is 11.4. The number of carbonyl (C=O) groups excluding carboxylic acids is 1. The van der Waals surface area contributed by atoms with Crippen molar-refractivity contribution in [2.45, 2.75) is 32.8 Å². The highest BCUT2D eigenvalue weighted by Crippen LogP contribution is 2.09. The van der Waals surface area contributed by atoms with E-state index in [9.17, 15) is 9.90 Å². The third kappa shape index (κ3) is 7.42. The van der Waals surface area contributed by atoms with Crippen LogP contribution in [0.1, 0.15) is 25.0 Å². The van der Waals surface area contributed by atoms with Crippen LogP contribution >= 0.6 is 0 Å². The SMILES string of the molecule is CC(C)C(O)Cc1ccccc1.O=CCc1ccccc1. The Morgan fingerprint density at radius 1 is 0.905 bits per heavy atom. The molecule has 0 aliphatic rings. The van der Waals surface area contributed by atoms with Crippen LogP contribution in [-0.4, -0.2) is 17.5 Å². The zero-order chi connectivity index (χ0) is 15.5. The predicted molar refractivity (Wildman–Crippen MR) is 87.2 cm³/mol. The smallest absolute Gasteiger partial charge is 0.124 e. The molecule has 2 heteroatoms. The Labute approximate surface area is 127 Å². The molecule has 2 aromatic carbocycles. The third-order valence-electron chi connectivity index (χ3n) is 3.22. The molecule has 0 aromatic heterocycles. The average Bonchev–Trinajstić information content (AvgIpc) is 2.50. The van der Waals surface area contributed by atoms with Crippen LogP contribution in [0.3, 0.4) is 0 Å². The molecular formula is C19H24O2. The van der Waals surface area contributed by atoms with Crippen LogP contribution in [0.4, 0.5) is 0 Å². The van der Waals surface area contributed by atoms with Gasteiger partial charge in [0.2, 0.25) is 0 Å². The van der Waals surface area contributed by atoms with Gasteiger partial charge < -0.3 is 9.90 Å². The van der Waals surface area contributed by atoms with E-state index in [0.29, 0.717) is 12.3 Å². The van der Waals surface area contributed by atoms with Gasteiger partial charge in [0.05, 0.1) is 6.10 Å². The zero-order valence-corrected chi connectivity index (χ0v) is 12.8. The van der Waals surface area contributed by atoms with Crippen molar-refractivity contribution in [3.63, 3.8) is 0 Å². The van der Waals surface area contributed by atoms with Gasteiger partial charge in [-0.05, 0) is 23.5 Å². The lowest BCUT2D eigenvalue weighted by atomic mass is 10.00. The minimum Gasteiger partial charge on any atom is -0.393 e. The molecule has 1 N–H and O–H groups in total. The van der Waals surface area contributed by atoms with Crippen LogP contribution in [0, 0.1) is 5.92 Å². The Kier molecular flexibility index (Phi) is 8.07. The number of hydrogen-bond donors (Lipinski definition) is 1. The molecule has 0 amide bonds. The molecule has 0 radical (unpaired) electrons. The maximum absolute atomic E-state index is 9.97. The van der Waals surface area contributed by atoms with Crippen molar-refractivity contribution in [3.05, 3.63) is 71.8 Å². The van der Waals surface area contributed by atoms with Gasteiger partial charge in [0.15, 0.2) is 0 Å². The summed E-state index contributed by atoms with van der Waals surface area (Å²) in [7, 11) is 0. The number of rotatable bonds is 5. The van der Waals surface area contributed by atoms with Gasteiger partial charge in [0.25, 0.3) is 0 Å². The fourth-order valence-corrected chi connectivity index (χ4v) is 1.80. The second kappa shape index (κ2) is 9.89. The lowest BCUT2D eigenvalue weighted by molar-refractivity contribution is -0.107. The van der Waals surface area contributed by atoms with Crippen LogP contribution < -0.4 is 0 Å². The minimum atomic E-state index is -0.215. The van der Waals surface area contributed by atoms with Gasteiger partial charge in [-0.25, -0.2) is 0 Å². The summed E-state index contributed by atoms with van der Waals surface area (Å²) in [6, 6.07) is 19.8. The van der Waals surface area contributed by atoms with Gasteiger partial charge in [0.1, 0.15) is 6.29 Å². The van der Waals surface area contributed by atoms with Crippen molar-refractivity contribution in [3.8, 4) is 0 Å². The van der Waals surface area contributed by atoms with Gasteiger partial charge in [-0.2, -0.15) is 0 Å². The number of benzene rings is 2. The van der Waals surface area contributed by atoms with Crippen LogP contribution in [0.25, 0.3) is 0 Å². The molecule has 2 rings (SSSR count). The van der Waals surface area contributed by atoms with E-state index in [4.69, 9.17) is 0 Å². The van der Waals surface area contributed by atoms with Crippen LogP contribution in [0.15, 0.2) is 60.7 Å². The lowest BCUT2D eigenvalue weighted by Gasteiger charge is -2.13. The molecule has 21 heavy (non-hydrogen) atoms. The van der Waals surface area contributed by atoms with Crippen molar-refractivity contribution < 1.29 is 9.90 Å². The van der Waals surface area contributed by atoms with Crippen LogP contribution in [0.2, 0.25) is 0 Å². The highest BCUT2D eigenvalue weighted by molar-refractivity contribution is 5.54. The Morgan fingerprint density at radius 3 is 1.81 bits per heavy atom. The maximum atomic E-state index is 9.97. The monoisotopic (exact) mass is 284 g/mol. The molecule has 1 unspecified atom stereocenters. The van der Waals surface area contributed by atoms with E-state index in [1.807, 2.05) is 74.5 Å². The first kappa shape index (κ1) is 17.1. The van der Waals surface area contributed by atoms with E-state index >= 15 is 0 Å².